The molecule has 0 radical (unpaired) electrons. The SMILES string of the molecule is CCOC(=O)c1cnn(C)c1CNc1ccc(Br)cc1. The summed E-state index contributed by atoms with van der Waals surface area (Å²) in [5, 5.41) is 7.38. The number of carbonyl (C=O) groups excluding carboxylic acids is 1. The van der Waals surface area contributed by atoms with Crippen LogP contribution in [-0.4, -0.2) is 22.4 Å². The standard InChI is InChI=1S/C14H16BrN3O2/c1-3-20-14(19)12-8-17-18(2)13(12)9-16-11-6-4-10(15)5-7-11/h4-8,16H,3,9H2,1-2H3. The van der Waals surface area contributed by atoms with Gasteiger partial charge < -0.3 is 10.1 Å². The zero-order chi connectivity index (χ0) is 14.5. The van der Waals surface area contributed by atoms with E-state index in [1.54, 1.807) is 18.7 Å². The van der Waals surface area contributed by atoms with Gasteiger partial charge in [-0.2, -0.15) is 5.10 Å². The average Bonchev–Trinajstić information content (AvgIpc) is 2.80. The van der Waals surface area contributed by atoms with Gasteiger partial charge in [-0.05, 0) is 31.2 Å². The lowest BCUT2D eigenvalue weighted by Gasteiger charge is -2.09. The van der Waals surface area contributed by atoms with Crippen LogP contribution in [0.2, 0.25) is 0 Å². The molecule has 0 aliphatic carbocycles. The lowest BCUT2D eigenvalue weighted by atomic mass is 10.2. The highest BCUT2D eigenvalue weighted by molar-refractivity contribution is 9.10. The Kier molecular flexibility index (Phi) is 4.79. The zero-order valence-electron chi connectivity index (χ0n) is 11.4. The molecule has 2 aromatic rings. The van der Waals surface area contributed by atoms with Crippen molar-refractivity contribution in [3.8, 4) is 0 Å². The second-order valence-corrected chi connectivity index (χ2v) is 5.13. The molecule has 2 rings (SSSR count). The molecule has 0 amide bonds. The molecule has 0 saturated carbocycles. The number of carbonyl (C=O) groups is 1. The maximum absolute atomic E-state index is 11.8. The molecular weight excluding hydrogens is 322 g/mol. The Morgan fingerprint density at radius 2 is 2.10 bits per heavy atom. The van der Waals surface area contributed by atoms with Crippen LogP contribution < -0.4 is 5.32 Å². The van der Waals surface area contributed by atoms with Crippen LogP contribution in [0, 0.1) is 0 Å². The van der Waals surface area contributed by atoms with E-state index in [1.165, 1.54) is 6.20 Å². The minimum absolute atomic E-state index is 0.340. The second-order valence-electron chi connectivity index (χ2n) is 4.21. The topological polar surface area (TPSA) is 56.1 Å². The normalized spacial score (nSPS) is 10.3. The fraction of sp³-hybridized carbons (Fsp3) is 0.286. The van der Waals surface area contributed by atoms with E-state index in [0.29, 0.717) is 18.7 Å². The number of benzene rings is 1. The number of aromatic nitrogens is 2. The minimum Gasteiger partial charge on any atom is -0.462 e. The number of aryl methyl sites for hydroxylation is 1. The summed E-state index contributed by atoms with van der Waals surface area (Å²) in [6, 6.07) is 7.84. The van der Waals surface area contributed by atoms with Crippen LogP contribution in [0.15, 0.2) is 34.9 Å². The molecule has 0 bridgehead atoms. The van der Waals surface area contributed by atoms with E-state index < -0.39 is 0 Å². The molecule has 0 saturated heterocycles. The van der Waals surface area contributed by atoms with Crippen molar-refractivity contribution in [3.05, 3.63) is 46.2 Å². The first-order valence-corrected chi connectivity index (χ1v) is 7.08. The Labute approximate surface area is 126 Å². The van der Waals surface area contributed by atoms with Gasteiger partial charge in [-0.3, -0.25) is 4.68 Å². The number of esters is 1. The fourth-order valence-electron chi connectivity index (χ4n) is 1.81. The number of nitrogens with one attached hydrogen (secondary N) is 1. The second kappa shape index (κ2) is 6.56. The molecule has 0 atom stereocenters. The molecule has 0 spiro atoms. The van der Waals surface area contributed by atoms with E-state index in [-0.39, 0.29) is 5.97 Å². The van der Waals surface area contributed by atoms with Crippen molar-refractivity contribution < 1.29 is 9.53 Å². The van der Waals surface area contributed by atoms with Crippen LogP contribution in [-0.2, 0) is 18.3 Å². The van der Waals surface area contributed by atoms with E-state index >= 15 is 0 Å². The van der Waals surface area contributed by atoms with Crippen molar-refractivity contribution in [1.29, 1.82) is 0 Å². The summed E-state index contributed by atoms with van der Waals surface area (Å²) < 4.78 is 7.73. The van der Waals surface area contributed by atoms with Crippen molar-refractivity contribution in [1.82, 2.24) is 9.78 Å². The van der Waals surface area contributed by atoms with Gasteiger partial charge in [0.15, 0.2) is 0 Å². The van der Waals surface area contributed by atoms with Crippen molar-refractivity contribution in [2.75, 3.05) is 11.9 Å². The molecule has 0 aliphatic heterocycles. The van der Waals surface area contributed by atoms with Gasteiger partial charge in [0, 0.05) is 17.2 Å². The van der Waals surface area contributed by atoms with E-state index in [4.69, 9.17) is 4.74 Å². The lowest BCUT2D eigenvalue weighted by molar-refractivity contribution is 0.0525. The van der Waals surface area contributed by atoms with Gasteiger partial charge >= 0.3 is 5.97 Å². The third-order valence-corrected chi connectivity index (χ3v) is 3.39. The summed E-state index contributed by atoms with van der Waals surface area (Å²) in [5.74, 6) is -0.340. The zero-order valence-corrected chi connectivity index (χ0v) is 13.0. The van der Waals surface area contributed by atoms with Gasteiger partial charge in [-0.25, -0.2) is 4.79 Å². The maximum atomic E-state index is 11.8. The summed E-state index contributed by atoms with van der Waals surface area (Å²) >= 11 is 3.39. The summed E-state index contributed by atoms with van der Waals surface area (Å²) in [6.07, 6.45) is 1.54. The molecule has 0 aliphatic rings. The van der Waals surface area contributed by atoms with Gasteiger partial charge in [-0.15, -0.1) is 0 Å². The van der Waals surface area contributed by atoms with E-state index in [1.807, 2.05) is 24.3 Å². The van der Waals surface area contributed by atoms with Crippen molar-refractivity contribution in [2.45, 2.75) is 13.5 Å². The molecule has 1 N–H and O–H groups in total. The Balaban J connectivity index is 2.11. The summed E-state index contributed by atoms with van der Waals surface area (Å²) in [7, 11) is 1.81. The Hall–Kier alpha value is -1.82. The van der Waals surface area contributed by atoms with Crippen LogP contribution in [0.3, 0.4) is 0 Å². The fourth-order valence-corrected chi connectivity index (χ4v) is 2.07. The maximum Gasteiger partial charge on any atom is 0.341 e. The van der Waals surface area contributed by atoms with Crippen molar-refractivity contribution in [3.63, 3.8) is 0 Å². The first-order valence-electron chi connectivity index (χ1n) is 6.29. The van der Waals surface area contributed by atoms with Crippen LogP contribution in [0.5, 0.6) is 0 Å². The van der Waals surface area contributed by atoms with Crippen LogP contribution in [0.25, 0.3) is 0 Å². The van der Waals surface area contributed by atoms with E-state index in [2.05, 4.69) is 26.3 Å². The average molecular weight is 338 g/mol. The van der Waals surface area contributed by atoms with Crippen LogP contribution in [0.4, 0.5) is 5.69 Å². The van der Waals surface area contributed by atoms with Crippen LogP contribution in [0.1, 0.15) is 23.0 Å². The molecule has 20 heavy (non-hydrogen) atoms. The van der Waals surface area contributed by atoms with Crippen LogP contribution >= 0.6 is 15.9 Å². The van der Waals surface area contributed by atoms with Gasteiger partial charge in [-0.1, -0.05) is 15.9 Å². The number of rotatable bonds is 5. The van der Waals surface area contributed by atoms with Gasteiger partial charge in [0.05, 0.1) is 25.0 Å². The van der Waals surface area contributed by atoms with E-state index in [0.717, 1.165) is 15.9 Å². The van der Waals surface area contributed by atoms with Gasteiger partial charge in [0.1, 0.15) is 5.56 Å². The molecule has 106 valence electrons. The number of hydrogen-bond donors (Lipinski definition) is 1. The molecule has 1 aromatic carbocycles. The Morgan fingerprint density at radius 3 is 2.75 bits per heavy atom. The lowest BCUT2D eigenvalue weighted by Crippen LogP contribution is -2.12. The molecule has 1 heterocycles. The van der Waals surface area contributed by atoms with Crippen molar-refractivity contribution >= 4 is 27.6 Å². The first kappa shape index (κ1) is 14.6. The quantitative estimate of drug-likeness (QED) is 0.852. The Bertz CT molecular complexity index is 593. The smallest absolute Gasteiger partial charge is 0.341 e. The highest BCUT2D eigenvalue weighted by Crippen LogP contribution is 2.16. The van der Waals surface area contributed by atoms with Crippen molar-refractivity contribution in [2.24, 2.45) is 7.05 Å². The molecular formula is C14H16BrN3O2. The summed E-state index contributed by atoms with van der Waals surface area (Å²) in [5.41, 5.74) is 2.27. The third-order valence-electron chi connectivity index (χ3n) is 2.86. The predicted octanol–water partition coefficient (Wildman–Crippen LogP) is 2.97. The monoisotopic (exact) mass is 337 g/mol. The highest BCUT2D eigenvalue weighted by atomic mass is 79.9. The number of nitrogens with zero attached hydrogens (tertiary/aromatic N) is 2. The molecule has 5 nitrogen and oxygen atoms in total. The highest BCUT2D eigenvalue weighted by Gasteiger charge is 2.16. The Morgan fingerprint density at radius 1 is 1.40 bits per heavy atom. The molecule has 0 unspecified atom stereocenters. The summed E-state index contributed by atoms with van der Waals surface area (Å²) in [4.78, 5) is 11.8. The number of hydrogen-bond acceptors (Lipinski definition) is 4. The number of anilines is 1. The van der Waals surface area contributed by atoms with Gasteiger partial charge in [0.2, 0.25) is 0 Å². The molecule has 1 aromatic heterocycles. The first-order chi connectivity index (χ1) is 9.61. The number of ether oxygens (including phenoxy) is 1. The number of halogens is 1. The molecule has 6 heteroatoms. The van der Waals surface area contributed by atoms with E-state index in [9.17, 15) is 4.79 Å². The summed E-state index contributed by atoms with van der Waals surface area (Å²) in [6.45, 7) is 2.65. The largest absolute Gasteiger partial charge is 0.462 e. The predicted molar refractivity (Wildman–Crippen MR) is 80.6 cm³/mol. The molecule has 0 fully saturated rings. The van der Waals surface area contributed by atoms with Gasteiger partial charge in [0.25, 0.3) is 0 Å². The third kappa shape index (κ3) is 3.39. The minimum atomic E-state index is -0.340.